The Bertz CT molecular complexity index is 662. The molecule has 1 fully saturated rings. The molecule has 1 aromatic rings. The van der Waals surface area contributed by atoms with Crippen LogP contribution in [-0.4, -0.2) is 61.5 Å². The van der Waals surface area contributed by atoms with Crippen LogP contribution in [0.25, 0.3) is 0 Å². The van der Waals surface area contributed by atoms with Crippen LogP contribution in [0.1, 0.15) is 18.4 Å². The minimum absolute atomic E-state index is 0.0268. The summed E-state index contributed by atoms with van der Waals surface area (Å²) in [5.41, 5.74) is 0.761. The van der Waals surface area contributed by atoms with E-state index in [0.29, 0.717) is 42.7 Å². The number of benzene rings is 1. The van der Waals surface area contributed by atoms with Gasteiger partial charge in [0.25, 0.3) is 0 Å². The van der Waals surface area contributed by atoms with Crippen molar-refractivity contribution in [2.75, 3.05) is 33.9 Å². The van der Waals surface area contributed by atoms with E-state index in [9.17, 15) is 9.59 Å². The number of carbonyl (C=O) groups excluding carboxylic acids is 2. The lowest BCUT2D eigenvalue weighted by atomic mass is 10.1. The molecule has 3 rings (SSSR count). The summed E-state index contributed by atoms with van der Waals surface area (Å²) in [6.07, 6.45) is 1.75. The monoisotopic (exact) mass is 352 g/mol. The summed E-state index contributed by atoms with van der Waals surface area (Å²) in [5.74, 6) is 1.00. The zero-order valence-corrected chi connectivity index (χ0v) is 14.6. The van der Waals surface area contributed by atoms with Crippen LogP contribution in [0.15, 0.2) is 12.1 Å². The second kappa shape index (κ2) is 6.89. The van der Waals surface area contributed by atoms with E-state index >= 15 is 0 Å². The molecule has 0 aliphatic carbocycles. The van der Waals surface area contributed by atoms with E-state index in [1.54, 1.807) is 31.1 Å². The number of hydrogen-bond acceptors (Lipinski definition) is 4. The highest BCUT2D eigenvalue weighted by Crippen LogP contribution is 2.38. The van der Waals surface area contributed by atoms with Crippen LogP contribution in [0.4, 0.5) is 0 Å². The number of hydrogen-bond donors (Lipinski definition) is 0. The van der Waals surface area contributed by atoms with E-state index in [4.69, 9.17) is 21.1 Å². The van der Waals surface area contributed by atoms with E-state index in [1.165, 1.54) is 4.90 Å². The van der Waals surface area contributed by atoms with Crippen molar-refractivity contribution in [2.45, 2.75) is 25.3 Å². The van der Waals surface area contributed by atoms with Gasteiger partial charge < -0.3 is 19.3 Å². The molecule has 1 saturated heterocycles. The molecule has 0 bridgehead atoms. The van der Waals surface area contributed by atoms with Crippen LogP contribution in [-0.2, 0) is 16.0 Å². The molecule has 0 aromatic heterocycles. The second-order valence-electron chi connectivity index (χ2n) is 6.26. The second-order valence-corrected chi connectivity index (χ2v) is 6.66. The van der Waals surface area contributed by atoms with Crippen molar-refractivity contribution in [3.63, 3.8) is 0 Å². The zero-order chi connectivity index (χ0) is 17.3. The average Bonchev–Trinajstić information content (AvgIpc) is 3.03. The number of fused-ring (bicyclic) bond motifs is 1. The average molecular weight is 353 g/mol. The number of carbonyl (C=O) groups is 2. The maximum Gasteiger partial charge on any atom is 0.244 e. The van der Waals surface area contributed by atoms with Crippen molar-refractivity contribution in [1.82, 2.24) is 9.80 Å². The predicted octanol–water partition coefficient (Wildman–Crippen LogP) is 1.73. The topological polar surface area (TPSA) is 59.1 Å². The molecular weight excluding hydrogens is 332 g/mol. The van der Waals surface area contributed by atoms with Crippen molar-refractivity contribution in [3.8, 4) is 11.5 Å². The lowest BCUT2D eigenvalue weighted by Gasteiger charge is -2.26. The number of amides is 2. The lowest BCUT2D eigenvalue weighted by Crippen LogP contribution is -2.46. The van der Waals surface area contributed by atoms with Crippen molar-refractivity contribution in [3.05, 3.63) is 22.7 Å². The third-order valence-electron chi connectivity index (χ3n) is 4.31. The van der Waals surface area contributed by atoms with Gasteiger partial charge in [0.2, 0.25) is 11.8 Å². The summed E-state index contributed by atoms with van der Waals surface area (Å²) in [7, 11) is 3.42. The SMILES string of the molecule is CN(C)C(=O)C1CCCN1C(=O)Cc1cc(Cl)c2c(c1)OCCO2. The molecule has 2 aliphatic rings. The largest absolute Gasteiger partial charge is 0.486 e. The van der Waals surface area contributed by atoms with E-state index < -0.39 is 0 Å². The molecule has 1 aromatic carbocycles. The Kier molecular flexibility index (Phi) is 4.85. The predicted molar refractivity (Wildman–Crippen MR) is 89.6 cm³/mol. The van der Waals surface area contributed by atoms with Gasteiger partial charge in [-0.25, -0.2) is 0 Å². The Morgan fingerprint density at radius 2 is 2.04 bits per heavy atom. The number of likely N-dealkylation sites (tertiary alicyclic amines) is 1. The van der Waals surface area contributed by atoms with Gasteiger partial charge in [-0.15, -0.1) is 0 Å². The van der Waals surface area contributed by atoms with Gasteiger partial charge in [-0.05, 0) is 30.5 Å². The molecule has 24 heavy (non-hydrogen) atoms. The summed E-state index contributed by atoms with van der Waals surface area (Å²) in [6, 6.07) is 3.16. The number of ether oxygens (including phenoxy) is 2. The molecule has 7 heteroatoms. The molecular formula is C17H21ClN2O4. The first-order chi connectivity index (χ1) is 11.5. The molecule has 0 saturated carbocycles. The minimum Gasteiger partial charge on any atom is -0.486 e. The molecule has 1 unspecified atom stereocenters. The highest BCUT2D eigenvalue weighted by Gasteiger charge is 2.34. The number of rotatable bonds is 3. The summed E-state index contributed by atoms with van der Waals surface area (Å²) in [5, 5.41) is 0.442. The first-order valence-electron chi connectivity index (χ1n) is 8.06. The molecule has 6 nitrogen and oxygen atoms in total. The summed E-state index contributed by atoms with van der Waals surface area (Å²) in [4.78, 5) is 28.1. The Labute approximate surface area is 146 Å². The minimum atomic E-state index is -0.361. The van der Waals surface area contributed by atoms with E-state index in [2.05, 4.69) is 0 Å². The quantitative estimate of drug-likeness (QED) is 0.831. The molecule has 0 spiro atoms. The smallest absolute Gasteiger partial charge is 0.244 e. The number of nitrogens with zero attached hydrogens (tertiary/aromatic N) is 2. The van der Waals surface area contributed by atoms with Gasteiger partial charge in [-0.2, -0.15) is 0 Å². The van der Waals surface area contributed by atoms with Gasteiger partial charge in [-0.1, -0.05) is 11.6 Å². The standard InChI is InChI=1S/C17H21ClN2O4/c1-19(2)17(22)13-4-3-5-20(13)15(21)10-11-8-12(18)16-14(9-11)23-6-7-24-16/h8-9,13H,3-7,10H2,1-2H3. The van der Waals surface area contributed by atoms with Crippen LogP contribution in [0.3, 0.4) is 0 Å². The maximum absolute atomic E-state index is 12.7. The molecule has 1 atom stereocenters. The van der Waals surface area contributed by atoms with Crippen molar-refractivity contribution in [1.29, 1.82) is 0 Å². The molecule has 130 valence electrons. The number of halogens is 1. The van der Waals surface area contributed by atoms with Gasteiger partial charge in [0, 0.05) is 20.6 Å². The molecule has 2 heterocycles. The zero-order valence-electron chi connectivity index (χ0n) is 13.9. The highest BCUT2D eigenvalue weighted by molar-refractivity contribution is 6.32. The van der Waals surface area contributed by atoms with Gasteiger partial charge >= 0.3 is 0 Å². The first-order valence-corrected chi connectivity index (χ1v) is 8.44. The lowest BCUT2D eigenvalue weighted by molar-refractivity contribution is -0.141. The Hall–Kier alpha value is -1.95. The molecule has 0 N–H and O–H groups in total. The van der Waals surface area contributed by atoms with Gasteiger partial charge in [0.1, 0.15) is 19.3 Å². The Morgan fingerprint density at radius 3 is 2.79 bits per heavy atom. The fourth-order valence-corrected chi connectivity index (χ4v) is 3.45. The van der Waals surface area contributed by atoms with Crippen LogP contribution in [0.5, 0.6) is 11.5 Å². The van der Waals surface area contributed by atoms with Gasteiger partial charge in [0.15, 0.2) is 11.5 Å². The van der Waals surface area contributed by atoms with Crippen molar-refractivity contribution >= 4 is 23.4 Å². The van der Waals surface area contributed by atoms with Crippen molar-refractivity contribution < 1.29 is 19.1 Å². The molecule has 0 radical (unpaired) electrons. The van der Waals surface area contributed by atoms with E-state index in [-0.39, 0.29) is 24.3 Å². The fraction of sp³-hybridized carbons (Fsp3) is 0.529. The normalized spacial score (nSPS) is 19.3. The Morgan fingerprint density at radius 1 is 1.29 bits per heavy atom. The molecule has 2 aliphatic heterocycles. The maximum atomic E-state index is 12.7. The first kappa shape index (κ1) is 16.9. The summed E-state index contributed by atoms with van der Waals surface area (Å²) in [6.45, 7) is 1.54. The highest BCUT2D eigenvalue weighted by atomic mass is 35.5. The van der Waals surface area contributed by atoms with Crippen molar-refractivity contribution in [2.24, 2.45) is 0 Å². The summed E-state index contributed by atoms with van der Waals surface area (Å²) < 4.78 is 11.0. The third kappa shape index (κ3) is 3.29. The fourth-order valence-electron chi connectivity index (χ4n) is 3.16. The number of likely N-dealkylation sites (N-methyl/N-ethyl adjacent to an activating group) is 1. The van der Waals surface area contributed by atoms with Gasteiger partial charge in [0.05, 0.1) is 11.4 Å². The molecule has 2 amide bonds. The van der Waals surface area contributed by atoms with Crippen LogP contribution in [0.2, 0.25) is 5.02 Å². The van der Waals surface area contributed by atoms with E-state index in [1.807, 2.05) is 0 Å². The van der Waals surface area contributed by atoms with Crippen LogP contribution < -0.4 is 9.47 Å². The Balaban J connectivity index is 1.75. The summed E-state index contributed by atoms with van der Waals surface area (Å²) >= 11 is 6.22. The van der Waals surface area contributed by atoms with Crippen LogP contribution in [0, 0.1) is 0 Å². The van der Waals surface area contributed by atoms with Crippen LogP contribution >= 0.6 is 11.6 Å². The van der Waals surface area contributed by atoms with Gasteiger partial charge in [-0.3, -0.25) is 9.59 Å². The third-order valence-corrected chi connectivity index (χ3v) is 4.59. The van der Waals surface area contributed by atoms with E-state index in [0.717, 1.165) is 12.0 Å².